The number of rotatable bonds is 3. The molecule has 0 fully saturated rings. The highest BCUT2D eigenvalue weighted by Gasteiger charge is 2.16. The number of aryl methyl sites for hydroxylation is 1. The molecular weight excluding hydrogens is 289 g/mol. The molecule has 0 aliphatic carbocycles. The number of halogens is 2. The molecule has 3 N–H and O–H groups in total. The maximum atomic E-state index is 9.89. The minimum absolute atomic E-state index is 0. The molecule has 0 aliphatic heterocycles. The Morgan fingerprint density at radius 1 is 1.44 bits per heavy atom. The molecule has 0 aliphatic rings. The molecular formula is C12H19BrClNO. The first-order chi connectivity index (χ1) is 6.99. The van der Waals surface area contributed by atoms with Crippen LogP contribution in [-0.4, -0.2) is 5.11 Å². The monoisotopic (exact) mass is 307 g/mol. The predicted octanol–water partition coefficient (Wildman–Crippen LogP) is 3.99. The van der Waals surface area contributed by atoms with Gasteiger partial charge in [-0.3, -0.25) is 0 Å². The standard InChI is InChI=1S/C12H18BrNO.ClH/c1-4-5-9(14)11-8(3)12(13)7(2)6-10(11)15;/h6,9,15H,4-5,14H2,1-3H3;1H/t9-;/m1./s1. The van der Waals surface area contributed by atoms with Crippen LogP contribution < -0.4 is 5.73 Å². The van der Waals surface area contributed by atoms with Crippen molar-refractivity contribution in [2.24, 2.45) is 5.73 Å². The van der Waals surface area contributed by atoms with Crippen LogP contribution in [0.25, 0.3) is 0 Å². The zero-order chi connectivity index (χ0) is 11.6. The summed E-state index contributed by atoms with van der Waals surface area (Å²) < 4.78 is 1.04. The van der Waals surface area contributed by atoms with Gasteiger partial charge < -0.3 is 10.8 Å². The van der Waals surface area contributed by atoms with E-state index < -0.39 is 0 Å². The summed E-state index contributed by atoms with van der Waals surface area (Å²) in [6.45, 7) is 6.04. The zero-order valence-electron chi connectivity index (χ0n) is 9.88. The van der Waals surface area contributed by atoms with Gasteiger partial charge in [-0.25, -0.2) is 0 Å². The van der Waals surface area contributed by atoms with Crippen LogP contribution in [0.3, 0.4) is 0 Å². The van der Waals surface area contributed by atoms with Gasteiger partial charge in [0, 0.05) is 16.1 Å². The Bertz CT molecular complexity index is 369. The lowest BCUT2D eigenvalue weighted by molar-refractivity contribution is 0.456. The molecule has 2 nitrogen and oxygen atoms in total. The van der Waals surface area contributed by atoms with E-state index in [1.54, 1.807) is 6.07 Å². The van der Waals surface area contributed by atoms with Crippen molar-refractivity contribution in [3.8, 4) is 5.75 Å². The van der Waals surface area contributed by atoms with E-state index in [1.807, 2.05) is 13.8 Å². The van der Waals surface area contributed by atoms with Crippen molar-refractivity contribution < 1.29 is 5.11 Å². The first-order valence-corrected chi connectivity index (χ1v) is 6.02. The van der Waals surface area contributed by atoms with Gasteiger partial charge in [0.25, 0.3) is 0 Å². The van der Waals surface area contributed by atoms with Crippen LogP contribution >= 0.6 is 28.3 Å². The highest BCUT2D eigenvalue weighted by atomic mass is 79.9. The fraction of sp³-hybridized carbons (Fsp3) is 0.500. The topological polar surface area (TPSA) is 46.2 Å². The predicted molar refractivity (Wildman–Crippen MR) is 74.4 cm³/mol. The molecule has 1 atom stereocenters. The van der Waals surface area contributed by atoms with E-state index in [4.69, 9.17) is 5.73 Å². The van der Waals surface area contributed by atoms with Gasteiger partial charge in [-0.15, -0.1) is 12.4 Å². The van der Waals surface area contributed by atoms with Gasteiger partial charge >= 0.3 is 0 Å². The van der Waals surface area contributed by atoms with Gasteiger partial charge in [-0.1, -0.05) is 29.3 Å². The second kappa shape index (κ2) is 6.48. The van der Waals surface area contributed by atoms with Crippen LogP contribution in [0.1, 0.15) is 42.5 Å². The lowest BCUT2D eigenvalue weighted by atomic mass is 9.96. The number of hydrogen-bond donors (Lipinski definition) is 2. The van der Waals surface area contributed by atoms with Crippen LogP contribution in [0.4, 0.5) is 0 Å². The summed E-state index contributed by atoms with van der Waals surface area (Å²) in [5, 5.41) is 9.89. The normalized spacial score (nSPS) is 12.1. The van der Waals surface area contributed by atoms with E-state index in [9.17, 15) is 5.11 Å². The average molecular weight is 309 g/mol. The molecule has 0 bridgehead atoms. The van der Waals surface area contributed by atoms with Crippen molar-refractivity contribution in [1.82, 2.24) is 0 Å². The second-order valence-electron chi connectivity index (χ2n) is 3.96. The van der Waals surface area contributed by atoms with Crippen molar-refractivity contribution >= 4 is 28.3 Å². The van der Waals surface area contributed by atoms with Gasteiger partial charge in [0.15, 0.2) is 0 Å². The first kappa shape index (κ1) is 15.8. The third kappa shape index (κ3) is 3.12. The number of aromatic hydroxyl groups is 1. The summed E-state index contributed by atoms with van der Waals surface area (Å²) in [5.41, 5.74) is 9.00. The molecule has 0 radical (unpaired) electrons. The SMILES string of the molecule is CCC[C@@H](N)c1c(O)cc(C)c(Br)c1C.Cl. The van der Waals surface area contributed by atoms with Crippen LogP contribution in [-0.2, 0) is 0 Å². The molecule has 0 aromatic heterocycles. The van der Waals surface area contributed by atoms with Crippen LogP contribution in [0.2, 0.25) is 0 Å². The summed E-state index contributed by atoms with van der Waals surface area (Å²) >= 11 is 3.52. The van der Waals surface area contributed by atoms with Crippen LogP contribution in [0, 0.1) is 13.8 Å². The molecule has 0 unspecified atom stereocenters. The van der Waals surface area contributed by atoms with Gasteiger partial charge in [-0.2, -0.15) is 0 Å². The minimum atomic E-state index is -0.0769. The molecule has 0 saturated carbocycles. The molecule has 16 heavy (non-hydrogen) atoms. The van der Waals surface area contributed by atoms with Crippen molar-refractivity contribution in [2.45, 2.75) is 39.7 Å². The minimum Gasteiger partial charge on any atom is -0.508 e. The van der Waals surface area contributed by atoms with Gasteiger partial charge in [0.1, 0.15) is 5.75 Å². The average Bonchev–Trinajstić information content (AvgIpc) is 2.15. The van der Waals surface area contributed by atoms with Crippen LogP contribution in [0.5, 0.6) is 5.75 Å². The zero-order valence-corrected chi connectivity index (χ0v) is 12.3. The van der Waals surface area contributed by atoms with E-state index in [0.717, 1.165) is 34.0 Å². The van der Waals surface area contributed by atoms with Crippen molar-refractivity contribution in [2.75, 3.05) is 0 Å². The number of phenolic OH excluding ortho intramolecular Hbond substituents is 1. The molecule has 0 amide bonds. The Morgan fingerprint density at radius 3 is 2.50 bits per heavy atom. The molecule has 1 aromatic carbocycles. The summed E-state index contributed by atoms with van der Waals surface area (Å²) in [7, 11) is 0. The Balaban J connectivity index is 0.00000225. The second-order valence-corrected chi connectivity index (χ2v) is 4.75. The van der Waals surface area contributed by atoms with E-state index in [0.29, 0.717) is 5.75 Å². The number of benzene rings is 1. The Kier molecular flexibility index (Phi) is 6.38. The lowest BCUT2D eigenvalue weighted by Crippen LogP contribution is -2.12. The fourth-order valence-corrected chi connectivity index (χ4v) is 2.20. The highest BCUT2D eigenvalue weighted by Crippen LogP contribution is 2.35. The third-order valence-electron chi connectivity index (χ3n) is 2.68. The lowest BCUT2D eigenvalue weighted by Gasteiger charge is -2.18. The van der Waals surface area contributed by atoms with E-state index in [1.165, 1.54) is 0 Å². The van der Waals surface area contributed by atoms with E-state index in [-0.39, 0.29) is 18.4 Å². The van der Waals surface area contributed by atoms with Gasteiger partial charge in [-0.05, 0) is 37.5 Å². The summed E-state index contributed by atoms with van der Waals surface area (Å²) in [6, 6.07) is 1.69. The maximum Gasteiger partial charge on any atom is 0.120 e. The Labute approximate surface area is 112 Å². The smallest absolute Gasteiger partial charge is 0.120 e. The van der Waals surface area contributed by atoms with Gasteiger partial charge in [0.2, 0.25) is 0 Å². The van der Waals surface area contributed by atoms with Crippen molar-refractivity contribution in [3.05, 3.63) is 27.2 Å². The molecule has 0 spiro atoms. The molecule has 0 saturated heterocycles. The largest absolute Gasteiger partial charge is 0.508 e. The quantitative estimate of drug-likeness (QED) is 0.887. The van der Waals surface area contributed by atoms with E-state index >= 15 is 0 Å². The summed E-state index contributed by atoms with van der Waals surface area (Å²) in [6.07, 6.45) is 1.91. The third-order valence-corrected chi connectivity index (χ3v) is 3.90. The molecule has 4 heteroatoms. The Hall–Kier alpha value is -0.250. The summed E-state index contributed by atoms with van der Waals surface area (Å²) in [4.78, 5) is 0. The summed E-state index contributed by atoms with van der Waals surface area (Å²) in [5.74, 6) is 0.314. The molecule has 1 rings (SSSR count). The Morgan fingerprint density at radius 2 is 2.00 bits per heavy atom. The highest BCUT2D eigenvalue weighted by molar-refractivity contribution is 9.10. The first-order valence-electron chi connectivity index (χ1n) is 5.23. The fourth-order valence-electron chi connectivity index (χ4n) is 1.88. The number of phenols is 1. The van der Waals surface area contributed by atoms with Crippen LogP contribution in [0.15, 0.2) is 10.5 Å². The maximum absolute atomic E-state index is 9.89. The number of nitrogens with two attached hydrogens (primary N) is 1. The molecule has 92 valence electrons. The van der Waals surface area contributed by atoms with Crippen molar-refractivity contribution in [1.29, 1.82) is 0 Å². The van der Waals surface area contributed by atoms with E-state index in [2.05, 4.69) is 22.9 Å². The number of hydrogen-bond acceptors (Lipinski definition) is 2. The van der Waals surface area contributed by atoms with Gasteiger partial charge in [0.05, 0.1) is 0 Å². The molecule has 1 aromatic rings. The molecule has 0 heterocycles. The van der Waals surface area contributed by atoms with Crippen molar-refractivity contribution in [3.63, 3.8) is 0 Å².